The van der Waals surface area contributed by atoms with Crippen LogP contribution in [0, 0.1) is 0 Å². The number of anilines is 1. The third-order valence-electron chi connectivity index (χ3n) is 2.41. The maximum absolute atomic E-state index is 5.61. The number of nitrogen functional groups attached to an aromatic ring is 1. The smallest absolute Gasteiger partial charge is 0.0685 e. The molecule has 0 spiro atoms. The summed E-state index contributed by atoms with van der Waals surface area (Å²) in [6.45, 7) is 2.75. The lowest BCUT2D eigenvalue weighted by Gasteiger charge is -2.25. The molecular weight excluding hydrogens is 176 g/mol. The van der Waals surface area contributed by atoms with Crippen molar-refractivity contribution in [2.24, 2.45) is 0 Å². The summed E-state index contributed by atoms with van der Waals surface area (Å²) in [4.78, 5) is 5.51. The first kappa shape index (κ1) is 9.49. The van der Waals surface area contributed by atoms with E-state index in [1.807, 2.05) is 29.3 Å². The van der Waals surface area contributed by atoms with Crippen LogP contribution < -0.4 is 5.73 Å². The molecule has 1 fully saturated rings. The van der Waals surface area contributed by atoms with Gasteiger partial charge in [-0.15, -0.1) is 0 Å². The van der Waals surface area contributed by atoms with E-state index in [2.05, 4.69) is 0 Å². The highest BCUT2D eigenvalue weighted by Gasteiger charge is 2.10. The van der Waals surface area contributed by atoms with E-state index in [4.69, 9.17) is 10.6 Å². The highest BCUT2D eigenvalue weighted by molar-refractivity contribution is 5.39. The maximum Gasteiger partial charge on any atom is 0.0685 e. The molecule has 0 bridgehead atoms. The van der Waals surface area contributed by atoms with E-state index >= 15 is 0 Å². The predicted octanol–water partition coefficient (Wildman–Crippen LogP) is 1.80. The lowest BCUT2D eigenvalue weighted by atomic mass is 10.2. The van der Waals surface area contributed by atoms with Crippen LogP contribution in [0.25, 0.3) is 0 Å². The van der Waals surface area contributed by atoms with Crippen molar-refractivity contribution in [2.75, 3.05) is 18.9 Å². The summed E-state index contributed by atoms with van der Waals surface area (Å²) in [5.74, 6) is 0. The molecule has 1 aliphatic heterocycles. The number of hydrogen-bond acceptors (Lipinski definition) is 3. The molecule has 2 N–H and O–H groups in total. The minimum Gasteiger partial charge on any atom is -0.399 e. The predicted molar refractivity (Wildman–Crippen MR) is 56.5 cm³/mol. The van der Waals surface area contributed by atoms with E-state index in [1.165, 1.54) is 18.4 Å². The molecule has 14 heavy (non-hydrogen) atoms. The highest BCUT2D eigenvalue weighted by atomic mass is 16.7. The normalized spacial score (nSPS) is 18.3. The Morgan fingerprint density at radius 3 is 2.64 bits per heavy atom. The van der Waals surface area contributed by atoms with Crippen molar-refractivity contribution in [2.45, 2.75) is 19.4 Å². The molecule has 0 amide bonds. The van der Waals surface area contributed by atoms with Crippen molar-refractivity contribution in [1.29, 1.82) is 0 Å². The molecule has 1 aromatic carbocycles. The Morgan fingerprint density at radius 2 is 2.00 bits per heavy atom. The Hall–Kier alpha value is -1.06. The number of nitrogens with zero attached hydrogens (tertiary/aromatic N) is 1. The van der Waals surface area contributed by atoms with E-state index in [0.29, 0.717) is 0 Å². The van der Waals surface area contributed by atoms with Gasteiger partial charge in [0.1, 0.15) is 0 Å². The van der Waals surface area contributed by atoms with Gasteiger partial charge in [-0.1, -0.05) is 12.1 Å². The van der Waals surface area contributed by atoms with Crippen LogP contribution in [0.3, 0.4) is 0 Å². The van der Waals surface area contributed by atoms with Gasteiger partial charge >= 0.3 is 0 Å². The average molecular weight is 192 g/mol. The standard InChI is InChI=1S/C11H16N2O/c12-11-5-3-10(4-6-11)9-13-7-1-2-8-14-13/h3-6H,1-2,7-9,12H2. The molecule has 1 heterocycles. The first-order valence-corrected chi connectivity index (χ1v) is 5.07. The summed E-state index contributed by atoms with van der Waals surface area (Å²) in [5.41, 5.74) is 7.68. The average Bonchev–Trinajstić information content (AvgIpc) is 2.23. The minimum atomic E-state index is 0.813. The zero-order valence-electron chi connectivity index (χ0n) is 8.28. The van der Waals surface area contributed by atoms with Gasteiger partial charge < -0.3 is 5.73 Å². The number of hydroxylamine groups is 2. The zero-order chi connectivity index (χ0) is 9.80. The van der Waals surface area contributed by atoms with Crippen molar-refractivity contribution >= 4 is 5.69 Å². The van der Waals surface area contributed by atoms with E-state index in [9.17, 15) is 0 Å². The first-order valence-electron chi connectivity index (χ1n) is 5.07. The summed E-state index contributed by atoms with van der Waals surface area (Å²) < 4.78 is 0. The van der Waals surface area contributed by atoms with Gasteiger partial charge in [-0.2, -0.15) is 5.06 Å². The molecule has 1 aromatic rings. The lowest BCUT2D eigenvalue weighted by Crippen LogP contribution is -2.29. The molecular formula is C11H16N2O. The Bertz CT molecular complexity index is 278. The zero-order valence-corrected chi connectivity index (χ0v) is 8.28. The van der Waals surface area contributed by atoms with Gasteiger partial charge in [0.15, 0.2) is 0 Å². The van der Waals surface area contributed by atoms with Gasteiger partial charge in [0.25, 0.3) is 0 Å². The Kier molecular flexibility index (Phi) is 3.01. The molecule has 3 heteroatoms. The Morgan fingerprint density at radius 1 is 1.21 bits per heavy atom. The van der Waals surface area contributed by atoms with Crippen LogP contribution >= 0.6 is 0 Å². The molecule has 76 valence electrons. The van der Waals surface area contributed by atoms with Crippen LogP contribution in [-0.4, -0.2) is 18.2 Å². The van der Waals surface area contributed by atoms with Crippen LogP contribution in [0.2, 0.25) is 0 Å². The number of nitrogens with two attached hydrogens (primary N) is 1. The summed E-state index contributed by atoms with van der Waals surface area (Å²) in [7, 11) is 0. The summed E-state index contributed by atoms with van der Waals surface area (Å²) in [5, 5.41) is 2.02. The maximum atomic E-state index is 5.61. The quantitative estimate of drug-likeness (QED) is 0.726. The second-order valence-electron chi connectivity index (χ2n) is 3.65. The summed E-state index contributed by atoms with van der Waals surface area (Å²) >= 11 is 0. The van der Waals surface area contributed by atoms with Crippen LogP contribution in [0.5, 0.6) is 0 Å². The molecule has 0 saturated carbocycles. The van der Waals surface area contributed by atoms with E-state index in [1.54, 1.807) is 0 Å². The number of rotatable bonds is 2. The van der Waals surface area contributed by atoms with Crippen LogP contribution in [0.1, 0.15) is 18.4 Å². The van der Waals surface area contributed by atoms with E-state index < -0.39 is 0 Å². The van der Waals surface area contributed by atoms with Crippen molar-refractivity contribution in [3.05, 3.63) is 29.8 Å². The molecule has 3 nitrogen and oxygen atoms in total. The van der Waals surface area contributed by atoms with Crippen LogP contribution in [0.15, 0.2) is 24.3 Å². The largest absolute Gasteiger partial charge is 0.399 e. The lowest BCUT2D eigenvalue weighted by molar-refractivity contribution is -0.187. The SMILES string of the molecule is Nc1ccc(CN2CCCCO2)cc1. The van der Waals surface area contributed by atoms with Gasteiger partial charge in [0.2, 0.25) is 0 Å². The first-order chi connectivity index (χ1) is 6.84. The molecule has 0 unspecified atom stereocenters. The van der Waals surface area contributed by atoms with Crippen molar-refractivity contribution in [1.82, 2.24) is 5.06 Å². The van der Waals surface area contributed by atoms with Gasteiger partial charge in [-0.05, 0) is 30.5 Å². The van der Waals surface area contributed by atoms with E-state index in [-0.39, 0.29) is 0 Å². The molecule has 0 atom stereocenters. The Labute approximate surface area is 84.4 Å². The van der Waals surface area contributed by atoms with Gasteiger partial charge in [0.05, 0.1) is 6.61 Å². The molecule has 0 aromatic heterocycles. The fourth-order valence-electron chi connectivity index (χ4n) is 1.60. The summed E-state index contributed by atoms with van der Waals surface area (Å²) in [6, 6.07) is 7.96. The minimum absolute atomic E-state index is 0.813. The number of hydrogen-bond donors (Lipinski definition) is 1. The second kappa shape index (κ2) is 4.44. The van der Waals surface area contributed by atoms with Crippen molar-refractivity contribution in [3.63, 3.8) is 0 Å². The van der Waals surface area contributed by atoms with Crippen molar-refractivity contribution in [3.8, 4) is 0 Å². The summed E-state index contributed by atoms with van der Waals surface area (Å²) in [6.07, 6.45) is 2.41. The molecule has 2 rings (SSSR count). The van der Waals surface area contributed by atoms with Gasteiger partial charge in [-0.25, -0.2) is 0 Å². The fraction of sp³-hybridized carbons (Fsp3) is 0.455. The van der Waals surface area contributed by atoms with Crippen LogP contribution in [0.4, 0.5) is 5.69 Å². The molecule has 0 aliphatic carbocycles. The topological polar surface area (TPSA) is 38.5 Å². The third-order valence-corrected chi connectivity index (χ3v) is 2.41. The van der Waals surface area contributed by atoms with Crippen molar-refractivity contribution < 1.29 is 4.84 Å². The van der Waals surface area contributed by atoms with Gasteiger partial charge in [0, 0.05) is 18.8 Å². The molecule has 1 aliphatic rings. The number of benzene rings is 1. The second-order valence-corrected chi connectivity index (χ2v) is 3.65. The van der Waals surface area contributed by atoms with Gasteiger partial charge in [-0.3, -0.25) is 4.84 Å². The molecule has 1 saturated heterocycles. The third kappa shape index (κ3) is 2.47. The van der Waals surface area contributed by atoms with Crippen LogP contribution in [-0.2, 0) is 11.4 Å². The molecule has 0 radical (unpaired) electrons. The van der Waals surface area contributed by atoms with E-state index in [0.717, 1.165) is 25.4 Å². The highest BCUT2D eigenvalue weighted by Crippen LogP contribution is 2.12. The monoisotopic (exact) mass is 192 g/mol. The fourth-order valence-corrected chi connectivity index (χ4v) is 1.60. The Balaban J connectivity index is 1.92.